The van der Waals surface area contributed by atoms with Crippen LogP contribution < -0.4 is 0 Å². The minimum absolute atomic E-state index is 0.105. The fraction of sp³-hybridized carbons (Fsp3) is 0.625. The molecule has 2 bridgehead atoms. The molecule has 0 aliphatic carbocycles. The average Bonchev–Trinajstić information content (AvgIpc) is 2.90. The molecule has 2 aromatic heterocycles. The van der Waals surface area contributed by atoms with Gasteiger partial charge in [-0.25, -0.2) is 9.97 Å². The van der Waals surface area contributed by atoms with Gasteiger partial charge in [0, 0.05) is 36.2 Å². The van der Waals surface area contributed by atoms with E-state index in [9.17, 15) is 5.11 Å². The molecule has 0 aromatic carbocycles. The van der Waals surface area contributed by atoms with Crippen LogP contribution in [0.1, 0.15) is 42.8 Å². The van der Waals surface area contributed by atoms with Crippen LogP contribution in [-0.2, 0) is 6.54 Å². The predicted molar refractivity (Wildman–Crippen MR) is 80.1 cm³/mol. The number of nitrogens with zero attached hydrogens (tertiary/aromatic N) is 4. The van der Waals surface area contributed by atoms with E-state index in [4.69, 9.17) is 4.98 Å². The Bertz CT molecular complexity index is 666. The molecule has 21 heavy (non-hydrogen) atoms. The van der Waals surface area contributed by atoms with Crippen molar-refractivity contribution in [3.8, 4) is 0 Å². The molecule has 2 aliphatic heterocycles. The Kier molecular flexibility index (Phi) is 3.01. The molecule has 0 radical (unpaired) electrons. The Hall–Kier alpha value is -1.46. The number of piperidine rings is 1. The lowest BCUT2D eigenvalue weighted by atomic mass is 10.00. The number of fused-ring (bicyclic) bond motifs is 3. The quantitative estimate of drug-likeness (QED) is 0.915. The van der Waals surface area contributed by atoms with E-state index in [2.05, 4.69) is 33.5 Å². The molecule has 0 amide bonds. The van der Waals surface area contributed by atoms with Gasteiger partial charge in [-0.05, 0) is 45.6 Å². The van der Waals surface area contributed by atoms with Crippen LogP contribution in [0.15, 0.2) is 12.3 Å². The van der Waals surface area contributed by atoms with E-state index in [-0.39, 0.29) is 6.10 Å². The van der Waals surface area contributed by atoms with E-state index >= 15 is 0 Å². The van der Waals surface area contributed by atoms with Crippen LogP contribution in [0.3, 0.4) is 0 Å². The van der Waals surface area contributed by atoms with Crippen LogP contribution in [0.5, 0.6) is 0 Å². The van der Waals surface area contributed by atoms with Crippen molar-refractivity contribution in [1.29, 1.82) is 0 Å². The monoisotopic (exact) mass is 286 g/mol. The second-order valence-electron chi connectivity index (χ2n) is 6.62. The maximum absolute atomic E-state index is 9.90. The molecule has 2 fully saturated rings. The summed E-state index contributed by atoms with van der Waals surface area (Å²) in [6, 6.07) is 3.14. The van der Waals surface area contributed by atoms with E-state index < -0.39 is 0 Å². The highest BCUT2D eigenvalue weighted by molar-refractivity contribution is 5.34. The second-order valence-corrected chi connectivity index (χ2v) is 6.62. The molecule has 4 rings (SSSR count). The third-order valence-electron chi connectivity index (χ3n) is 5.02. The Morgan fingerprint density at radius 2 is 1.90 bits per heavy atom. The first-order valence-electron chi connectivity index (χ1n) is 7.86. The number of aromatic nitrogens is 3. The third-order valence-corrected chi connectivity index (χ3v) is 5.02. The SMILES string of the molecule is Cc1cc(C)n2cc(CN3C4CCC3CC(O)C4)nc2n1. The van der Waals surface area contributed by atoms with Crippen LogP contribution in [0.25, 0.3) is 5.78 Å². The van der Waals surface area contributed by atoms with Crippen molar-refractivity contribution in [1.82, 2.24) is 19.3 Å². The number of hydrogen-bond acceptors (Lipinski definition) is 4. The average molecular weight is 286 g/mol. The lowest BCUT2D eigenvalue weighted by molar-refractivity contribution is 0.0304. The number of aliphatic hydroxyl groups is 1. The zero-order chi connectivity index (χ0) is 14.6. The summed E-state index contributed by atoms with van der Waals surface area (Å²) in [6.45, 7) is 4.98. The highest BCUT2D eigenvalue weighted by atomic mass is 16.3. The highest BCUT2D eigenvalue weighted by Gasteiger charge is 2.40. The van der Waals surface area contributed by atoms with Crippen LogP contribution in [0.2, 0.25) is 0 Å². The molecule has 2 aliphatic rings. The molecule has 0 saturated carbocycles. The molecule has 2 saturated heterocycles. The van der Waals surface area contributed by atoms with Crippen LogP contribution in [0, 0.1) is 13.8 Å². The van der Waals surface area contributed by atoms with Gasteiger partial charge in [0.1, 0.15) is 0 Å². The number of aliphatic hydroxyl groups excluding tert-OH is 1. The number of aryl methyl sites for hydroxylation is 2. The molecular weight excluding hydrogens is 264 g/mol. The fourth-order valence-electron chi connectivity index (χ4n) is 4.09. The van der Waals surface area contributed by atoms with Crippen LogP contribution >= 0.6 is 0 Å². The van der Waals surface area contributed by atoms with Crippen molar-refractivity contribution in [3.63, 3.8) is 0 Å². The highest BCUT2D eigenvalue weighted by Crippen LogP contribution is 2.36. The van der Waals surface area contributed by atoms with Gasteiger partial charge in [0.25, 0.3) is 0 Å². The maximum Gasteiger partial charge on any atom is 0.234 e. The van der Waals surface area contributed by atoms with Crippen molar-refractivity contribution >= 4 is 5.78 Å². The second kappa shape index (κ2) is 4.78. The zero-order valence-electron chi connectivity index (χ0n) is 12.7. The van der Waals surface area contributed by atoms with Gasteiger partial charge in [0.15, 0.2) is 0 Å². The molecule has 2 aromatic rings. The number of rotatable bonds is 2. The first-order valence-corrected chi connectivity index (χ1v) is 7.86. The lowest BCUT2D eigenvalue weighted by Gasteiger charge is -2.36. The van der Waals surface area contributed by atoms with Crippen molar-refractivity contribution in [2.75, 3.05) is 0 Å². The molecule has 0 spiro atoms. The van der Waals surface area contributed by atoms with E-state index in [0.29, 0.717) is 12.1 Å². The molecular formula is C16H22N4O. The molecule has 4 heterocycles. The zero-order valence-corrected chi connectivity index (χ0v) is 12.7. The summed E-state index contributed by atoms with van der Waals surface area (Å²) in [5.74, 6) is 0.798. The Labute approximate surface area is 124 Å². The molecule has 112 valence electrons. The minimum Gasteiger partial charge on any atom is -0.393 e. The van der Waals surface area contributed by atoms with Crippen LogP contribution in [0.4, 0.5) is 0 Å². The van der Waals surface area contributed by atoms with Gasteiger partial charge < -0.3 is 5.11 Å². The van der Waals surface area contributed by atoms with Gasteiger partial charge in [-0.3, -0.25) is 9.30 Å². The van der Waals surface area contributed by atoms with Gasteiger partial charge in [0.2, 0.25) is 5.78 Å². The van der Waals surface area contributed by atoms with E-state index in [1.54, 1.807) is 0 Å². The first kappa shape index (κ1) is 13.2. The summed E-state index contributed by atoms with van der Waals surface area (Å²) >= 11 is 0. The van der Waals surface area contributed by atoms with Gasteiger partial charge in [-0.15, -0.1) is 0 Å². The summed E-state index contributed by atoms with van der Waals surface area (Å²) in [5, 5.41) is 9.90. The number of hydrogen-bond donors (Lipinski definition) is 1. The maximum atomic E-state index is 9.90. The number of imidazole rings is 1. The van der Waals surface area contributed by atoms with E-state index in [1.807, 2.05) is 6.92 Å². The standard InChI is InChI=1S/C16H22N4O/c1-10-5-11(2)19-8-12(18-16(19)17-10)9-20-13-3-4-14(20)7-15(21)6-13/h5,8,13-15,21H,3-4,6-7,9H2,1-2H3. The molecule has 1 N–H and O–H groups in total. The van der Waals surface area contributed by atoms with Gasteiger partial charge in [0.05, 0.1) is 11.8 Å². The molecule has 2 atom stereocenters. The first-order chi connectivity index (χ1) is 10.1. The summed E-state index contributed by atoms with van der Waals surface area (Å²) < 4.78 is 2.07. The van der Waals surface area contributed by atoms with Gasteiger partial charge in [-0.2, -0.15) is 0 Å². The van der Waals surface area contributed by atoms with E-state index in [1.165, 1.54) is 18.5 Å². The summed E-state index contributed by atoms with van der Waals surface area (Å²) in [4.78, 5) is 11.7. The Balaban J connectivity index is 1.62. The van der Waals surface area contributed by atoms with Gasteiger partial charge >= 0.3 is 0 Å². The summed E-state index contributed by atoms with van der Waals surface area (Å²) in [5.41, 5.74) is 3.27. The largest absolute Gasteiger partial charge is 0.393 e. The summed E-state index contributed by atoms with van der Waals surface area (Å²) in [6.07, 6.45) is 6.27. The third kappa shape index (κ3) is 2.24. The van der Waals surface area contributed by atoms with Crippen molar-refractivity contribution < 1.29 is 5.11 Å². The van der Waals surface area contributed by atoms with Gasteiger partial charge in [-0.1, -0.05) is 0 Å². The Morgan fingerprint density at radius 3 is 2.62 bits per heavy atom. The molecule has 5 heteroatoms. The lowest BCUT2D eigenvalue weighted by Crippen LogP contribution is -2.44. The topological polar surface area (TPSA) is 53.7 Å². The fourth-order valence-corrected chi connectivity index (χ4v) is 4.09. The van der Waals surface area contributed by atoms with Crippen LogP contribution in [-0.4, -0.2) is 42.6 Å². The minimum atomic E-state index is -0.105. The Morgan fingerprint density at radius 1 is 1.19 bits per heavy atom. The smallest absolute Gasteiger partial charge is 0.234 e. The summed E-state index contributed by atoms with van der Waals surface area (Å²) in [7, 11) is 0. The van der Waals surface area contributed by atoms with Crippen molar-refractivity contribution in [2.24, 2.45) is 0 Å². The molecule has 5 nitrogen and oxygen atoms in total. The molecule has 2 unspecified atom stereocenters. The van der Waals surface area contributed by atoms with Crippen molar-refractivity contribution in [3.05, 3.63) is 29.3 Å². The predicted octanol–water partition coefficient (Wildman–Crippen LogP) is 1.83. The van der Waals surface area contributed by atoms with E-state index in [0.717, 1.165) is 36.6 Å². The van der Waals surface area contributed by atoms with Crippen molar-refractivity contribution in [2.45, 2.75) is 64.3 Å². The normalized spacial score (nSPS) is 29.4.